The van der Waals surface area contributed by atoms with Crippen LogP contribution < -0.4 is 10.6 Å². The first-order valence-electron chi connectivity index (χ1n) is 10.0. The number of alkyl halides is 1. The Hall–Kier alpha value is -2.74. The van der Waals surface area contributed by atoms with Crippen LogP contribution in [0.25, 0.3) is 0 Å². The van der Waals surface area contributed by atoms with Crippen molar-refractivity contribution in [3.63, 3.8) is 0 Å². The van der Waals surface area contributed by atoms with Crippen molar-refractivity contribution in [3.8, 4) is 6.07 Å². The quantitative estimate of drug-likeness (QED) is 0.543. The van der Waals surface area contributed by atoms with Gasteiger partial charge in [-0.25, -0.2) is 4.39 Å². The number of aliphatic hydroxyl groups is 1. The molecule has 3 aliphatic heterocycles. The molecule has 0 aromatic rings. The molecule has 3 rings (SSSR count). The lowest BCUT2D eigenvalue weighted by atomic mass is 9.84. The Bertz CT molecular complexity index is 853. The van der Waals surface area contributed by atoms with Crippen LogP contribution in [0.3, 0.4) is 0 Å². The third-order valence-corrected chi connectivity index (χ3v) is 6.23. The molecule has 0 aromatic carbocycles. The summed E-state index contributed by atoms with van der Waals surface area (Å²) in [5.41, 5.74) is 0.545. The fourth-order valence-electron chi connectivity index (χ4n) is 4.67. The first-order valence-corrected chi connectivity index (χ1v) is 10.0. The molecule has 0 bridgehead atoms. The van der Waals surface area contributed by atoms with E-state index >= 15 is 0 Å². The number of piperidine rings is 2. The Kier molecular flexibility index (Phi) is 6.26. The monoisotopic (exact) mass is 423 g/mol. The van der Waals surface area contributed by atoms with Crippen molar-refractivity contribution in [3.05, 3.63) is 21.0 Å². The summed E-state index contributed by atoms with van der Waals surface area (Å²) in [6.45, 7) is 2.96. The van der Waals surface area contributed by atoms with Crippen LogP contribution in [0.1, 0.15) is 39.5 Å². The maximum absolute atomic E-state index is 14.4. The number of carbonyl (C=O) groups is 2. The van der Waals surface area contributed by atoms with Crippen molar-refractivity contribution in [2.75, 3.05) is 6.54 Å². The zero-order valence-corrected chi connectivity index (χ0v) is 16.9. The minimum absolute atomic E-state index is 0.0719. The van der Waals surface area contributed by atoms with Crippen molar-refractivity contribution in [1.29, 1.82) is 5.26 Å². The molecule has 0 aliphatic carbocycles. The Morgan fingerprint density at radius 1 is 1.43 bits per heavy atom. The summed E-state index contributed by atoms with van der Waals surface area (Å²) in [4.78, 5) is 49.4. The first-order chi connectivity index (χ1) is 14.1. The summed E-state index contributed by atoms with van der Waals surface area (Å²) >= 11 is 0. The fraction of sp³-hybridized carbons (Fsp3) is 0.737. The number of nitrogens with zero attached hydrogens (tertiary/aromatic N) is 3. The predicted octanol–water partition coefficient (Wildman–Crippen LogP) is -0.0151. The highest BCUT2D eigenvalue weighted by Crippen LogP contribution is 2.30. The maximum Gasteiger partial charge on any atom is 0.303 e. The number of rotatable bonds is 4. The number of hydrogen-bond acceptors (Lipinski definition) is 6. The van der Waals surface area contributed by atoms with E-state index < -0.39 is 54.3 Å². The molecule has 0 spiro atoms. The van der Waals surface area contributed by atoms with Crippen molar-refractivity contribution < 1.29 is 28.6 Å². The Morgan fingerprint density at radius 2 is 2.13 bits per heavy atom. The summed E-state index contributed by atoms with van der Waals surface area (Å²) in [7, 11) is 0. The molecule has 0 radical (unpaired) electrons. The normalized spacial score (nSPS) is 35.2. The SMILES string of the molecule is CC1=C(CC(=O)N[C@@H](C)C2C(F)CC(C#N)C[N+]2=O)C(=O)NC2CCC(O)[N+](=O)C12. The third kappa shape index (κ3) is 4.09. The molecule has 6 unspecified atom stereocenters. The van der Waals surface area contributed by atoms with Gasteiger partial charge in [-0.2, -0.15) is 5.26 Å². The summed E-state index contributed by atoms with van der Waals surface area (Å²) in [5.74, 6) is -1.73. The molecular formula is C19H26FN5O5+2. The molecule has 2 saturated heterocycles. The maximum atomic E-state index is 14.4. The molecule has 30 heavy (non-hydrogen) atoms. The van der Waals surface area contributed by atoms with E-state index in [0.29, 0.717) is 21.5 Å². The molecule has 7 atom stereocenters. The molecule has 3 heterocycles. The number of nitriles is 1. The van der Waals surface area contributed by atoms with Gasteiger partial charge in [-0.05, 0) is 20.3 Å². The highest BCUT2D eigenvalue weighted by molar-refractivity contribution is 6.00. The predicted molar refractivity (Wildman–Crippen MR) is 100 cm³/mol. The molecule has 0 aromatic heterocycles. The van der Waals surface area contributed by atoms with E-state index in [-0.39, 0.29) is 31.4 Å². The summed E-state index contributed by atoms with van der Waals surface area (Å²) in [5, 5.41) is 24.0. The van der Waals surface area contributed by atoms with Crippen molar-refractivity contribution in [2.45, 2.75) is 76.1 Å². The second-order valence-electron chi connectivity index (χ2n) is 8.31. The van der Waals surface area contributed by atoms with E-state index in [1.165, 1.54) is 6.92 Å². The zero-order valence-electron chi connectivity index (χ0n) is 16.9. The van der Waals surface area contributed by atoms with Gasteiger partial charge in [-0.3, -0.25) is 9.59 Å². The van der Waals surface area contributed by atoms with Crippen LogP contribution in [0.2, 0.25) is 0 Å². The molecule has 0 saturated carbocycles. The van der Waals surface area contributed by atoms with Gasteiger partial charge in [0, 0.05) is 43.3 Å². The van der Waals surface area contributed by atoms with Crippen LogP contribution in [0.15, 0.2) is 11.1 Å². The average molecular weight is 423 g/mol. The van der Waals surface area contributed by atoms with E-state index in [4.69, 9.17) is 5.26 Å². The molecule has 3 aliphatic rings. The Morgan fingerprint density at radius 3 is 2.77 bits per heavy atom. The number of nitrogens with one attached hydrogen (secondary N) is 2. The van der Waals surface area contributed by atoms with Gasteiger partial charge in [0.2, 0.25) is 24.4 Å². The van der Waals surface area contributed by atoms with E-state index in [1.807, 2.05) is 6.07 Å². The second-order valence-corrected chi connectivity index (χ2v) is 8.31. The van der Waals surface area contributed by atoms with Crippen LogP contribution in [0, 0.1) is 27.1 Å². The van der Waals surface area contributed by atoms with Gasteiger partial charge in [0.05, 0.1) is 24.6 Å². The average Bonchev–Trinajstić information content (AvgIpc) is 2.67. The number of amides is 2. The standard InChI is InChI=1S/C19H24FN5O5/c1-9-12(19(28)23-14-3-4-16(27)25(30)17(9)14)6-15(26)22-10(2)18-13(20)5-11(7-21)8-24(18)29/h10-11,13-14,16-18,27H,3-6,8H2,1-2H3/p+2/t10-,11?,13?,14?,16?,17?,18?/m0/s1. The fourth-order valence-corrected chi connectivity index (χ4v) is 4.67. The van der Waals surface area contributed by atoms with Gasteiger partial charge in [0.1, 0.15) is 5.92 Å². The topological polar surface area (TPSA) is 142 Å². The summed E-state index contributed by atoms with van der Waals surface area (Å²) in [6, 6.07) is -1.25. The molecule has 10 nitrogen and oxygen atoms in total. The molecule has 2 amide bonds. The highest BCUT2D eigenvalue weighted by atomic mass is 19.1. The van der Waals surface area contributed by atoms with Crippen molar-refractivity contribution >= 4 is 11.8 Å². The van der Waals surface area contributed by atoms with Crippen LogP contribution in [0.4, 0.5) is 4.39 Å². The number of halogens is 1. The second kappa shape index (κ2) is 8.55. The number of fused-ring (bicyclic) bond motifs is 1. The molecule has 3 N–H and O–H groups in total. The number of aliphatic hydroxyl groups excluding tert-OH is 1. The lowest BCUT2D eigenvalue weighted by Gasteiger charge is -2.33. The zero-order chi connectivity index (χ0) is 22.2. The lowest BCUT2D eigenvalue weighted by molar-refractivity contribution is -0.662. The number of nitroso groups, excluding NO2 is 2. The van der Waals surface area contributed by atoms with E-state index in [0.717, 1.165) is 0 Å². The van der Waals surface area contributed by atoms with Crippen LogP contribution in [0.5, 0.6) is 0 Å². The van der Waals surface area contributed by atoms with Crippen LogP contribution in [-0.4, -0.2) is 69.6 Å². The molecular weight excluding hydrogens is 397 g/mol. The van der Waals surface area contributed by atoms with Crippen LogP contribution >= 0.6 is 0 Å². The van der Waals surface area contributed by atoms with Gasteiger partial charge in [-0.15, -0.1) is 0 Å². The minimum Gasteiger partial charge on any atom is -0.346 e. The van der Waals surface area contributed by atoms with Crippen molar-refractivity contribution in [2.24, 2.45) is 5.92 Å². The van der Waals surface area contributed by atoms with Crippen LogP contribution in [-0.2, 0) is 9.59 Å². The van der Waals surface area contributed by atoms with E-state index in [9.17, 15) is 28.9 Å². The Balaban J connectivity index is 1.69. The third-order valence-electron chi connectivity index (χ3n) is 6.23. The van der Waals surface area contributed by atoms with Gasteiger partial charge in [0.15, 0.2) is 6.17 Å². The number of hydrogen-bond donors (Lipinski definition) is 3. The molecule has 11 heteroatoms. The van der Waals surface area contributed by atoms with E-state index in [1.54, 1.807) is 6.92 Å². The largest absolute Gasteiger partial charge is 0.346 e. The number of carbonyl (C=O) groups excluding carboxylic acids is 2. The summed E-state index contributed by atoms with van der Waals surface area (Å²) < 4.78 is 15.4. The molecule has 162 valence electrons. The van der Waals surface area contributed by atoms with Crippen molar-refractivity contribution in [1.82, 2.24) is 10.6 Å². The summed E-state index contributed by atoms with van der Waals surface area (Å²) in [6.07, 6.45) is -2.44. The van der Waals surface area contributed by atoms with Gasteiger partial charge < -0.3 is 15.7 Å². The first kappa shape index (κ1) is 22.0. The molecule has 2 fully saturated rings. The minimum atomic E-state index is -1.56. The highest BCUT2D eigenvalue weighted by Gasteiger charge is 2.50. The van der Waals surface area contributed by atoms with Gasteiger partial charge >= 0.3 is 6.23 Å². The smallest absolute Gasteiger partial charge is 0.303 e. The van der Waals surface area contributed by atoms with Gasteiger partial charge in [-0.1, -0.05) is 0 Å². The lowest BCUT2D eigenvalue weighted by Crippen LogP contribution is -2.58. The van der Waals surface area contributed by atoms with Gasteiger partial charge in [0.25, 0.3) is 6.04 Å². The van der Waals surface area contributed by atoms with E-state index in [2.05, 4.69) is 10.6 Å². The Labute approximate surface area is 172 Å².